The molecule has 0 saturated heterocycles. The molecule has 1 heterocycles. The number of unbranched alkanes of at least 4 members (excludes halogenated alkanes) is 20. The number of hydrogen-bond donors (Lipinski definition) is 0. The average molecular weight is 487 g/mol. The molecule has 0 unspecified atom stereocenters. The third kappa shape index (κ3) is 18.1. The van der Waals surface area contributed by atoms with Gasteiger partial charge in [0.15, 0.2) is 18.4 Å². The van der Waals surface area contributed by atoms with Gasteiger partial charge in [-0.3, -0.25) is 0 Å². The van der Waals surface area contributed by atoms with Gasteiger partial charge in [-0.15, -0.1) is 0 Å². The van der Waals surface area contributed by atoms with Gasteiger partial charge in [0.05, 0.1) is 0 Å². The Balaban J connectivity index is 2.21. The van der Waals surface area contributed by atoms with Crippen molar-refractivity contribution >= 4 is 0 Å². The van der Waals surface area contributed by atoms with Crippen LogP contribution in [-0.2, 0) is 12.8 Å². The predicted octanol–water partition coefficient (Wildman–Crippen LogP) is 11.3. The molecule has 1 aromatic heterocycles. The van der Waals surface area contributed by atoms with Gasteiger partial charge < -0.3 is 0 Å². The van der Waals surface area contributed by atoms with Gasteiger partial charge in [0.1, 0.15) is 0 Å². The number of hydrogen-bond acceptors (Lipinski definition) is 0. The van der Waals surface area contributed by atoms with Crippen LogP contribution in [0.4, 0.5) is 0 Å². The zero-order chi connectivity index (χ0) is 25.4. The third-order valence-corrected chi connectivity index (χ3v) is 7.86. The van der Waals surface area contributed by atoms with Crippen LogP contribution >= 0.6 is 0 Å². The average Bonchev–Trinajstić information content (AvgIpc) is 2.86. The summed E-state index contributed by atoms with van der Waals surface area (Å²) in [6.45, 7) is 9.21. The monoisotopic (exact) mass is 487 g/mol. The molecular formula is C34H64N+. The van der Waals surface area contributed by atoms with Crippen molar-refractivity contribution < 1.29 is 4.57 Å². The second-order valence-corrected chi connectivity index (χ2v) is 11.6. The quantitative estimate of drug-likeness (QED) is 0.0955. The van der Waals surface area contributed by atoms with Gasteiger partial charge in [0.25, 0.3) is 0 Å². The summed E-state index contributed by atoms with van der Waals surface area (Å²) in [4.78, 5) is 0. The van der Waals surface area contributed by atoms with E-state index in [-0.39, 0.29) is 0 Å². The van der Waals surface area contributed by atoms with Crippen molar-refractivity contribution in [1.29, 1.82) is 0 Å². The Morgan fingerprint density at radius 2 is 0.829 bits per heavy atom. The van der Waals surface area contributed by atoms with E-state index in [1.165, 1.54) is 154 Å². The number of rotatable bonds is 25. The van der Waals surface area contributed by atoms with Crippen molar-refractivity contribution in [2.45, 2.75) is 188 Å². The zero-order valence-electron chi connectivity index (χ0n) is 24.7. The molecule has 0 aliphatic carbocycles. The smallest absolute Gasteiger partial charge is 0.172 e. The van der Waals surface area contributed by atoms with Gasteiger partial charge in [0.2, 0.25) is 0 Å². The van der Waals surface area contributed by atoms with E-state index in [1.54, 1.807) is 11.1 Å². The van der Waals surface area contributed by atoms with Crippen LogP contribution in [0, 0.1) is 0 Å². The maximum absolute atomic E-state index is 2.47. The highest BCUT2D eigenvalue weighted by Gasteiger charge is 2.12. The third-order valence-electron chi connectivity index (χ3n) is 7.86. The van der Waals surface area contributed by atoms with E-state index in [1.807, 2.05) is 0 Å². The van der Waals surface area contributed by atoms with Gasteiger partial charge in [-0.25, -0.2) is 4.57 Å². The summed E-state index contributed by atoms with van der Waals surface area (Å²) in [6, 6.07) is 2.99. The Hall–Kier alpha value is -0.850. The summed E-state index contributed by atoms with van der Waals surface area (Å²) in [5.74, 6) is 0. The van der Waals surface area contributed by atoms with Crippen LogP contribution in [-0.4, -0.2) is 0 Å². The van der Waals surface area contributed by atoms with Crippen LogP contribution in [0.5, 0.6) is 0 Å². The standard InChI is InChI=1S/C34H64N/c1-5-7-9-11-13-15-17-19-21-23-25-27-33-29-30-35(32(3)4)31-34(33)28-26-24-22-20-18-16-14-12-10-8-6-2/h29-32H,5-28H2,1-4H3/q+1. The largest absolute Gasteiger partial charge is 0.203 e. The Kier molecular flexibility index (Phi) is 21.6. The van der Waals surface area contributed by atoms with Gasteiger partial charge in [-0.1, -0.05) is 142 Å². The van der Waals surface area contributed by atoms with Crippen LogP contribution in [0.25, 0.3) is 0 Å². The summed E-state index contributed by atoms with van der Waals surface area (Å²) in [6.07, 6.45) is 38.8. The Bertz CT molecular complexity index is 576. The van der Waals surface area contributed by atoms with Crippen molar-refractivity contribution in [2.24, 2.45) is 0 Å². The van der Waals surface area contributed by atoms with E-state index < -0.39 is 0 Å². The summed E-state index contributed by atoms with van der Waals surface area (Å²) in [5, 5.41) is 0. The van der Waals surface area contributed by atoms with Crippen LogP contribution in [0.3, 0.4) is 0 Å². The number of aryl methyl sites for hydroxylation is 2. The lowest BCUT2D eigenvalue weighted by atomic mass is 9.97. The number of pyridine rings is 1. The van der Waals surface area contributed by atoms with Crippen LogP contribution in [0.2, 0.25) is 0 Å². The molecule has 1 rings (SSSR count). The molecule has 0 saturated carbocycles. The first-order valence-electron chi connectivity index (χ1n) is 16.2. The molecule has 0 N–H and O–H groups in total. The van der Waals surface area contributed by atoms with E-state index in [9.17, 15) is 0 Å². The first-order chi connectivity index (χ1) is 17.2. The van der Waals surface area contributed by atoms with Gasteiger partial charge in [-0.05, 0) is 45.1 Å². The lowest BCUT2D eigenvalue weighted by Crippen LogP contribution is -2.36. The molecule has 0 amide bonds. The molecule has 0 aliphatic heterocycles. The van der Waals surface area contributed by atoms with E-state index >= 15 is 0 Å². The van der Waals surface area contributed by atoms with Crippen molar-refractivity contribution in [2.75, 3.05) is 0 Å². The minimum absolute atomic E-state index is 0.557. The second kappa shape index (κ2) is 23.5. The molecule has 0 bridgehead atoms. The fourth-order valence-corrected chi connectivity index (χ4v) is 5.34. The second-order valence-electron chi connectivity index (χ2n) is 11.6. The molecule has 0 spiro atoms. The Morgan fingerprint density at radius 3 is 1.20 bits per heavy atom. The molecule has 1 nitrogen and oxygen atoms in total. The van der Waals surface area contributed by atoms with Gasteiger partial charge in [-0.2, -0.15) is 0 Å². The molecule has 0 aliphatic rings. The summed E-state index contributed by atoms with van der Waals surface area (Å²) < 4.78 is 2.41. The molecule has 0 atom stereocenters. The first-order valence-corrected chi connectivity index (χ1v) is 16.2. The fourth-order valence-electron chi connectivity index (χ4n) is 5.34. The molecule has 1 heteroatoms. The fraction of sp³-hybridized carbons (Fsp3) is 0.853. The lowest BCUT2D eigenvalue weighted by molar-refractivity contribution is -0.716. The topological polar surface area (TPSA) is 3.88 Å². The van der Waals surface area contributed by atoms with Crippen LogP contribution in [0.15, 0.2) is 18.5 Å². The first kappa shape index (κ1) is 32.2. The highest BCUT2D eigenvalue weighted by molar-refractivity contribution is 5.21. The van der Waals surface area contributed by atoms with Crippen LogP contribution in [0.1, 0.15) is 186 Å². The molecule has 204 valence electrons. The Morgan fingerprint density at radius 1 is 0.486 bits per heavy atom. The predicted molar refractivity (Wildman–Crippen MR) is 157 cm³/mol. The Labute approximate surface area is 221 Å². The van der Waals surface area contributed by atoms with Gasteiger partial charge >= 0.3 is 0 Å². The van der Waals surface area contributed by atoms with E-state index in [2.05, 4.69) is 50.7 Å². The van der Waals surface area contributed by atoms with Crippen molar-refractivity contribution in [3.63, 3.8) is 0 Å². The molecular weight excluding hydrogens is 422 g/mol. The SMILES string of the molecule is CCCCCCCCCCCCCc1cc[n+](C(C)C)cc1CCCCCCCCCCCCC. The minimum atomic E-state index is 0.557. The van der Waals surface area contributed by atoms with E-state index in [0.29, 0.717) is 6.04 Å². The maximum atomic E-state index is 2.47. The summed E-state index contributed by atoms with van der Waals surface area (Å²) in [5.41, 5.74) is 3.26. The normalized spacial score (nSPS) is 11.6. The van der Waals surface area contributed by atoms with Crippen molar-refractivity contribution in [1.82, 2.24) is 0 Å². The van der Waals surface area contributed by atoms with E-state index in [0.717, 1.165) is 0 Å². The molecule has 1 aromatic rings. The maximum Gasteiger partial charge on any atom is 0.172 e. The minimum Gasteiger partial charge on any atom is -0.203 e. The lowest BCUT2D eigenvalue weighted by Gasteiger charge is -2.10. The molecule has 35 heavy (non-hydrogen) atoms. The highest BCUT2D eigenvalue weighted by Crippen LogP contribution is 2.18. The van der Waals surface area contributed by atoms with Crippen molar-refractivity contribution in [3.05, 3.63) is 29.6 Å². The molecule has 0 radical (unpaired) electrons. The van der Waals surface area contributed by atoms with Crippen LogP contribution < -0.4 is 4.57 Å². The van der Waals surface area contributed by atoms with Gasteiger partial charge in [0, 0.05) is 11.6 Å². The summed E-state index contributed by atoms with van der Waals surface area (Å²) in [7, 11) is 0. The number of aromatic nitrogens is 1. The number of nitrogens with zero attached hydrogens (tertiary/aromatic N) is 1. The van der Waals surface area contributed by atoms with E-state index in [4.69, 9.17) is 0 Å². The van der Waals surface area contributed by atoms with Crippen molar-refractivity contribution in [3.8, 4) is 0 Å². The highest BCUT2D eigenvalue weighted by atomic mass is 15.0. The molecule has 0 fully saturated rings. The zero-order valence-corrected chi connectivity index (χ0v) is 24.7. The summed E-state index contributed by atoms with van der Waals surface area (Å²) >= 11 is 0. The molecule has 0 aromatic carbocycles.